The van der Waals surface area contributed by atoms with Crippen molar-refractivity contribution >= 4 is 27.5 Å². The zero-order valence-corrected chi connectivity index (χ0v) is 13.5. The van der Waals surface area contributed by atoms with Crippen LogP contribution in [0.2, 0.25) is 0 Å². The first kappa shape index (κ1) is 15.8. The third-order valence-corrected chi connectivity index (χ3v) is 5.00. The van der Waals surface area contributed by atoms with Gasteiger partial charge in [0.1, 0.15) is 5.65 Å². The third-order valence-electron chi connectivity index (χ3n) is 3.76. The number of hydrogen-bond acceptors (Lipinski definition) is 3. The van der Waals surface area contributed by atoms with Crippen LogP contribution in [0.4, 0.5) is 13.2 Å². The number of hydrogen-bond donors (Lipinski definition) is 0. The van der Waals surface area contributed by atoms with Gasteiger partial charge < -0.3 is 4.40 Å². The molecule has 128 valence electrons. The average Bonchev–Trinajstić information content (AvgIpc) is 3.16. The van der Waals surface area contributed by atoms with Crippen LogP contribution < -0.4 is 0 Å². The van der Waals surface area contributed by atoms with Crippen molar-refractivity contribution in [1.82, 2.24) is 18.9 Å². The minimum atomic E-state index is -4.71. The van der Waals surface area contributed by atoms with Gasteiger partial charge >= 0.3 is 6.30 Å². The first-order valence-electron chi connectivity index (χ1n) is 7.29. The second-order valence-electron chi connectivity index (χ2n) is 5.35. The number of nitrogens with zero attached hydrogens (tertiary/aromatic N) is 4. The number of fused-ring (bicyclic) bond motifs is 2. The van der Waals surface area contributed by atoms with E-state index in [-0.39, 0.29) is 21.4 Å². The summed E-state index contributed by atoms with van der Waals surface area (Å²) in [5.41, 5.74) is 1.23. The minimum absolute atomic E-state index is 0.0850. The predicted octanol–water partition coefficient (Wildman–Crippen LogP) is 3.47. The minimum Gasteiger partial charge on any atom is -0.303 e. The molecule has 1 atom stereocenters. The molecule has 0 bridgehead atoms. The van der Waals surface area contributed by atoms with Crippen LogP contribution in [0.15, 0.2) is 60.0 Å². The molecule has 25 heavy (non-hydrogen) atoms. The second-order valence-corrected chi connectivity index (χ2v) is 6.70. The van der Waals surface area contributed by atoms with E-state index < -0.39 is 22.3 Å². The number of halogens is 3. The summed E-state index contributed by atoms with van der Waals surface area (Å²) in [5, 5.41) is -0.514. The number of alkyl halides is 3. The molecule has 4 rings (SSSR count). The Bertz CT molecular complexity index is 1100. The Morgan fingerprint density at radius 2 is 1.84 bits per heavy atom. The lowest BCUT2D eigenvalue weighted by Crippen LogP contribution is -2.20. The molecule has 0 aliphatic rings. The van der Waals surface area contributed by atoms with Crippen molar-refractivity contribution in [3.05, 3.63) is 60.6 Å². The van der Waals surface area contributed by atoms with E-state index in [1.807, 2.05) is 0 Å². The quantitative estimate of drug-likeness (QED) is 0.559. The van der Waals surface area contributed by atoms with Gasteiger partial charge in [0.15, 0.2) is 0 Å². The van der Waals surface area contributed by atoms with Crippen molar-refractivity contribution < 1.29 is 17.4 Å². The number of para-hydroxylation sites is 2. The molecule has 0 saturated carbocycles. The third kappa shape index (κ3) is 2.70. The molecule has 1 aromatic carbocycles. The maximum absolute atomic E-state index is 13.5. The highest BCUT2D eigenvalue weighted by Gasteiger charge is 2.37. The van der Waals surface area contributed by atoms with Crippen molar-refractivity contribution in [2.45, 2.75) is 17.2 Å². The molecule has 3 aromatic heterocycles. The molecule has 4 aromatic rings. The summed E-state index contributed by atoms with van der Waals surface area (Å²) in [7, 11) is -1.99. The van der Waals surface area contributed by atoms with Crippen molar-refractivity contribution in [3.8, 4) is 0 Å². The van der Waals surface area contributed by atoms with E-state index in [0.29, 0.717) is 11.3 Å². The van der Waals surface area contributed by atoms with Crippen molar-refractivity contribution in [3.63, 3.8) is 0 Å². The number of imidazole rings is 2. The monoisotopic (exact) mass is 364 g/mol. The standard InChI is InChI=1S/C16H11F3N4OS/c17-16(18,19)23-13-6-2-1-5-12(13)21-15(23)25(24)10-11-9-20-14-7-3-4-8-22(11)14/h1-9H,10H2. The van der Waals surface area contributed by atoms with Gasteiger partial charge in [-0.25, -0.2) is 14.5 Å². The van der Waals surface area contributed by atoms with Crippen molar-refractivity contribution in [1.29, 1.82) is 0 Å². The van der Waals surface area contributed by atoms with Crippen LogP contribution in [0.5, 0.6) is 0 Å². The molecule has 0 aliphatic heterocycles. The largest absolute Gasteiger partial charge is 0.491 e. The van der Waals surface area contributed by atoms with E-state index in [4.69, 9.17) is 0 Å². The SMILES string of the molecule is O=S(Cc1cnc2ccccn12)c1nc2ccccc2n1C(F)(F)F. The van der Waals surface area contributed by atoms with Crippen LogP contribution in [-0.2, 0) is 22.9 Å². The highest BCUT2D eigenvalue weighted by molar-refractivity contribution is 7.84. The van der Waals surface area contributed by atoms with E-state index in [0.717, 1.165) is 0 Å². The maximum atomic E-state index is 13.5. The van der Waals surface area contributed by atoms with Gasteiger partial charge in [0.25, 0.3) is 0 Å². The van der Waals surface area contributed by atoms with Crippen LogP contribution in [0.1, 0.15) is 5.69 Å². The first-order valence-corrected chi connectivity index (χ1v) is 8.61. The molecule has 0 N–H and O–H groups in total. The number of aromatic nitrogens is 4. The lowest BCUT2D eigenvalue weighted by atomic mass is 10.3. The van der Waals surface area contributed by atoms with Crippen LogP contribution >= 0.6 is 0 Å². The lowest BCUT2D eigenvalue weighted by molar-refractivity contribution is -0.206. The zero-order valence-electron chi connectivity index (χ0n) is 12.6. The van der Waals surface area contributed by atoms with Crippen LogP contribution in [0.3, 0.4) is 0 Å². The fraction of sp³-hybridized carbons (Fsp3) is 0.125. The molecule has 0 saturated heterocycles. The van der Waals surface area contributed by atoms with Gasteiger partial charge in [-0.05, 0) is 24.3 Å². The van der Waals surface area contributed by atoms with Gasteiger partial charge in [-0.2, -0.15) is 0 Å². The number of pyridine rings is 1. The zero-order chi connectivity index (χ0) is 17.6. The first-order chi connectivity index (χ1) is 11.9. The van der Waals surface area contributed by atoms with Crippen LogP contribution in [-0.4, -0.2) is 23.1 Å². The molecule has 0 fully saturated rings. The summed E-state index contributed by atoms with van der Waals surface area (Å²) in [6.45, 7) is 0. The second kappa shape index (κ2) is 5.69. The summed E-state index contributed by atoms with van der Waals surface area (Å²) in [4.78, 5) is 8.11. The number of rotatable bonds is 3. The van der Waals surface area contributed by atoms with Crippen LogP contribution in [0, 0.1) is 0 Å². The molecule has 0 amide bonds. The maximum Gasteiger partial charge on any atom is 0.491 e. The van der Waals surface area contributed by atoms with Gasteiger partial charge in [-0.1, -0.05) is 18.2 Å². The van der Waals surface area contributed by atoms with Gasteiger partial charge in [-0.15, -0.1) is 13.2 Å². The molecular formula is C16H11F3N4OS. The Hall–Kier alpha value is -2.68. The molecule has 3 heterocycles. The van der Waals surface area contributed by atoms with E-state index in [9.17, 15) is 17.4 Å². The molecule has 5 nitrogen and oxygen atoms in total. The molecule has 0 spiro atoms. The summed E-state index contributed by atoms with van der Waals surface area (Å²) in [6.07, 6.45) is -1.48. The van der Waals surface area contributed by atoms with Gasteiger partial charge in [0.2, 0.25) is 5.16 Å². The highest BCUT2D eigenvalue weighted by Crippen LogP contribution is 2.31. The normalized spacial score (nSPS) is 13.6. The summed E-state index contributed by atoms with van der Waals surface area (Å²) in [6, 6.07) is 11.2. The Labute approximate surface area is 142 Å². The molecular weight excluding hydrogens is 353 g/mol. The van der Waals surface area contributed by atoms with E-state index in [2.05, 4.69) is 9.97 Å². The summed E-state index contributed by atoms with van der Waals surface area (Å²) >= 11 is 0. The molecule has 0 aliphatic carbocycles. The van der Waals surface area contributed by atoms with Crippen molar-refractivity contribution in [2.75, 3.05) is 0 Å². The van der Waals surface area contributed by atoms with E-state index in [1.54, 1.807) is 34.9 Å². The Morgan fingerprint density at radius 3 is 2.64 bits per heavy atom. The molecule has 9 heteroatoms. The Morgan fingerprint density at radius 1 is 1.08 bits per heavy atom. The fourth-order valence-corrected chi connectivity index (χ4v) is 3.91. The van der Waals surface area contributed by atoms with E-state index >= 15 is 0 Å². The summed E-state index contributed by atoms with van der Waals surface area (Å²) < 4.78 is 54.9. The smallest absolute Gasteiger partial charge is 0.303 e. The van der Waals surface area contributed by atoms with Gasteiger partial charge in [0.05, 0.1) is 39.5 Å². The van der Waals surface area contributed by atoms with Crippen molar-refractivity contribution in [2.24, 2.45) is 0 Å². The summed E-state index contributed by atoms with van der Waals surface area (Å²) in [5.74, 6) is -0.120. The fourth-order valence-electron chi connectivity index (χ4n) is 2.69. The van der Waals surface area contributed by atoms with Crippen LogP contribution in [0.25, 0.3) is 16.7 Å². The van der Waals surface area contributed by atoms with Gasteiger partial charge in [0, 0.05) is 6.20 Å². The topological polar surface area (TPSA) is 52.2 Å². The highest BCUT2D eigenvalue weighted by atomic mass is 32.2. The lowest BCUT2D eigenvalue weighted by Gasteiger charge is -2.12. The molecule has 0 radical (unpaired) electrons. The predicted molar refractivity (Wildman–Crippen MR) is 86.3 cm³/mol. The Kier molecular flexibility index (Phi) is 3.60. The van der Waals surface area contributed by atoms with Gasteiger partial charge in [-0.3, -0.25) is 4.21 Å². The molecule has 1 unspecified atom stereocenters. The Balaban J connectivity index is 1.80. The number of benzene rings is 1. The van der Waals surface area contributed by atoms with E-state index in [1.165, 1.54) is 24.4 Å². The average molecular weight is 364 g/mol.